The summed E-state index contributed by atoms with van der Waals surface area (Å²) in [4.78, 5) is 14.9. The van der Waals surface area contributed by atoms with Gasteiger partial charge in [-0.25, -0.2) is 0 Å². The van der Waals surface area contributed by atoms with Crippen molar-refractivity contribution in [3.63, 3.8) is 0 Å². The van der Waals surface area contributed by atoms with E-state index in [0.29, 0.717) is 10.6 Å². The maximum absolute atomic E-state index is 12.5. The summed E-state index contributed by atoms with van der Waals surface area (Å²) in [5.74, 6) is -0.126. The van der Waals surface area contributed by atoms with Crippen molar-refractivity contribution in [2.45, 2.75) is 19.9 Å². The Morgan fingerprint density at radius 3 is 2.67 bits per heavy atom. The predicted octanol–water partition coefficient (Wildman–Crippen LogP) is 5.46. The van der Waals surface area contributed by atoms with Crippen LogP contribution in [0.15, 0.2) is 66.7 Å². The number of fused-ring (bicyclic) bond motifs is 1. The third-order valence-corrected chi connectivity index (χ3v) is 5.26. The van der Waals surface area contributed by atoms with Gasteiger partial charge in [-0.2, -0.15) is 0 Å². The molecule has 0 unspecified atom stereocenters. The molecule has 3 aromatic rings. The van der Waals surface area contributed by atoms with Gasteiger partial charge in [0.25, 0.3) is 5.91 Å². The second kappa shape index (κ2) is 7.45. The number of benzene rings is 3. The van der Waals surface area contributed by atoms with Crippen LogP contribution in [0.5, 0.6) is 0 Å². The van der Waals surface area contributed by atoms with Gasteiger partial charge in [0.2, 0.25) is 0 Å². The highest BCUT2D eigenvalue weighted by atomic mass is 35.5. The summed E-state index contributed by atoms with van der Waals surface area (Å²) in [6.45, 7) is 3.84. The van der Waals surface area contributed by atoms with Gasteiger partial charge in [-0.3, -0.25) is 4.79 Å². The summed E-state index contributed by atoms with van der Waals surface area (Å²) in [7, 11) is 0. The first-order chi connectivity index (χ1) is 13.1. The van der Waals surface area contributed by atoms with E-state index in [1.165, 1.54) is 16.8 Å². The Kier molecular flexibility index (Phi) is 4.87. The van der Waals surface area contributed by atoms with Crippen LogP contribution in [-0.2, 0) is 13.0 Å². The third-order valence-electron chi connectivity index (χ3n) is 5.02. The van der Waals surface area contributed by atoms with Crippen LogP contribution < -0.4 is 10.2 Å². The van der Waals surface area contributed by atoms with Crippen LogP contribution in [-0.4, -0.2) is 12.5 Å². The summed E-state index contributed by atoms with van der Waals surface area (Å²) in [5.41, 5.74) is 6.28. The van der Waals surface area contributed by atoms with Crippen LogP contribution in [0, 0.1) is 6.92 Å². The highest BCUT2D eigenvalue weighted by Gasteiger charge is 2.18. The highest BCUT2D eigenvalue weighted by Crippen LogP contribution is 2.29. The number of aryl methyl sites for hydroxylation is 1. The number of amides is 1. The van der Waals surface area contributed by atoms with Crippen molar-refractivity contribution < 1.29 is 4.79 Å². The van der Waals surface area contributed by atoms with Crippen molar-refractivity contribution in [3.05, 3.63) is 94.0 Å². The Morgan fingerprint density at radius 1 is 1.07 bits per heavy atom. The number of carbonyl (C=O) groups excluding carboxylic acids is 1. The number of halogens is 1. The largest absolute Gasteiger partial charge is 0.367 e. The quantitative estimate of drug-likeness (QED) is 0.655. The fraction of sp³-hybridized carbons (Fsp3) is 0.174. The Bertz CT molecular complexity index is 982. The lowest BCUT2D eigenvalue weighted by molar-refractivity contribution is 0.102. The van der Waals surface area contributed by atoms with Gasteiger partial charge < -0.3 is 10.2 Å². The van der Waals surface area contributed by atoms with Gasteiger partial charge in [0.15, 0.2) is 0 Å². The second-order valence-electron chi connectivity index (χ2n) is 6.91. The van der Waals surface area contributed by atoms with E-state index in [1.54, 1.807) is 6.07 Å². The molecule has 0 fully saturated rings. The summed E-state index contributed by atoms with van der Waals surface area (Å²) in [5, 5.41) is 3.55. The first kappa shape index (κ1) is 17.6. The summed E-state index contributed by atoms with van der Waals surface area (Å²) in [6.07, 6.45) is 1.09. The topological polar surface area (TPSA) is 32.3 Å². The molecule has 1 heterocycles. The first-order valence-electron chi connectivity index (χ1n) is 9.09. The maximum atomic E-state index is 12.5. The van der Waals surface area contributed by atoms with E-state index in [4.69, 9.17) is 11.6 Å². The predicted molar refractivity (Wildman–Crippen MR) is 112 cm³/mol. The lowest BCUT2D eigenvalue weighted by Gasteiger charge is -2.19. The molecule has 0 saturated carbocycles. The fourth-order valence-electron chi connectivity index (χ4n) is 3.48. The molecule has 0 spiro atoms. The molecule has 1 aliphatic heterocycles. The van der Waals surface area contributed by atoms with E-state index in [1.807, 2.05) is 43.3 Å². The fourth-order valence-corrected chi connectivity index (χ4v) is 3.65. The number of anilines is 2. The van der Waals surface area contributed by atoms with Crippen LogP contribution in [0.3, 0.4) is 0 Å². The molecule has 0 radical (unpaired) electrons. The van der Waals surface area contributed by atoms with E-state index >= 15 is 0 Å². The molecular weight excluding hydrogens is 356 g/mol. The number of hydrogen-bond donors (Lipinski definition) is 1. The van der Waals surface area contributed by atoms with Crippen LogP contribution in [0.25, 0.3) is 0 Å². The van der Waals surface area contributed by atoms with Crippen molar-refractivity contribution in [1.82, 2.24) is 0 Å². The van der Waals surface area contributed by atoms with Crippen LogP contribution in [0.2, 0.25) is 5.02 Å². The van der Waals surface area contributed by atoms with E-state index in [9.17, 15) is 4.79 Å². The van der Waals surface area contributed by atoms with Crippen molar-refractivity contribution in [3.8, 4) is 0 Å². The zero-order chi connectivity index (χ0) is 18.8. The van der Waals surface area contributed by atoms with E-state index < -0.39 is 0 Å². The maximum Gasteiger partial charge on any atom is 0.255 e. The number of nitrogens with one attached hydrogen (secondary N) is 1. The Labute approximate surface area is 164 Å². The smallest absolute Gasteiger partial charge is 0.255 e. The minimum absolute atomic E-state index is 0.126. The molecule has 3 nitrogen and oxygen atoms in total. The standard InChI is InChI=1S/C23H21ClN2O/c1-16-6-11-20(24)14-21(16)25-23(27)19-9-7-17(8-10-19)15-26-13-12-18-4-2-3-5-22(18)26/h2-11,14H,12-13,15H2,1H3,(H,25,27). The molecule has 136 valence electrons. The van der Waals surface area contributed by atoms with Gasteiger partial charge in [-0.1, -0.05) is 48.0 Å². The molecule has 0 aromatic heterocycles. The van der Waals surface area contributed by atoms with E-state index in [-0.39, 0.29) is 5.91 Å². The Balaban J connectivity index is 1.45. The number of hydrogen-bond acceptors (Lipinski definition) is 2. The second-order valence-corrected chi connectivity index (χ2v) is 7.35. The van der Waals surface area contributed by atoms with Crippen molar-refractivity contribution >= 4 is 28.9 Å². The molecule has 1 aliphatic rings. The molecule has 1 amide bonds. The molecule has 4 rings (SSSR count). The van der Waals surface area contributed by atoms with Crippen LogP contribution in [0.1, 0.15) is 27.0 Å². The normalized spacial score (nSPS) is 12.7. The summed E-state index contributed by atoms with van der Waals surface area (Å²) >= 11 is 6.03. The number of para-hydroxylation sites is 1. The average molecular weight is 377 g/mol. The molecule has 0 atom stereocenters. The molecule has 0 saturated heterocycles. The molecule has 27 heavy (non-hydrogen) atoms. The third kappa shape index (κ3) is 3.83. The molecule has 1 N–H and O–H groups in total. The SMILES string of the molecule is Cc1ccc(Cl)cc1NC(=O)c1ccc(CN2CCc3ccccc32)cc1. The number of rotatable bonds is 4. The van der Waals surface area contributed by atoms with E-state index in [2.05, 4.69) is 34.5 Å². The first-order valence-corrected chi connectivity index (χ1v) is 9.47. The van der Waals surface area contributed by atoms with Crippen molar-refractivity contribution in [2.24, 2.45) is 0 Å². The number of nitrogens with zero attached hydrogens (tertiary/aromatic N) is 1. The zero-order valence-corrected chi connectivity index (χ0v) is 16.0. The molecule has 4 heteroatoms. The Hall–Kier alpha value is -2.78. The molecule has 0 bridgehead atoms. The van der Waals surface area contributed by atoms with Gasteiger partial charge in [0.1, 0.15) is 0 Å². The number of carbonyl (C=O) groups is 1. The average Bonchev–Trinajstić information content (AvgIpc) is 3.08. The molecular formula is C23H21ClN2O. The monoisotopic (exact) mass is 376 g/mol. The van der Waals surface area contributed by atoms with Gasteiger partial charge >= 0.3 is 0 Å². The van der Waals surface area contributed by atoms with Gasteiger partial charge in [-0.05, 0) is 60.4 Å². The van der Waals surface area contributed by atoms with Crippen molar-refractivity contribution in [2.75, 3.05) is 16.8 Å². The molecule has 0 aliphatic carbocycles. The van der Waals surface area contributed by atoms with Crippen molar-refractivity contribution in [1.29, 1.82) is 0 Å². The van der Waals surface area contributed by atoms with Gasteiger partial charge in [-0.15, -0.1) is 0 Å². The summed E-state index contributed by atoms with van der Waals surface area (Å²) in [6, 6.07) is 21.9. The zero-order valence-electron chi connectivity index (χ0n) is 15.2. The summed E-state index contributed by atoms with van der Waals surface area (Å²) < 4.78 is 0. The van der Waals surface area contributed by atoms with Gasteiger partial charge in [0, 0.05) is 35.1 Å². The highest BCUT2D eigenvalue weighted by molar-refractivity contribution is 6.31. The lowest BCUT2D eigenvalue weighted by Crippen LogP contribution is -2.19. The van der Waals surface area contributed by atoms with Crippen LogP contribution in [0.4, 0.5) is 11.4 Å². The van der Waals surface area contributed by atoms with Crippen LogP contribution >= 0.6 is 11.6 Å². The minimum Gasteiger partial charge on any atom is -0.367 e. The minimum atomic E-state index is -0.126. The Morgan fingerprint density at radius 2 is 1.85 bits per heavy atom. The molecule has 3 aromatic carbocycles. The van der Waals surface area contributed by atoms with Gasteiger partial charge in [0.05, 0.1) is 0 Å². The lowest BCUT2D eigenvalue weighted by atomic mass is 10.1. The van der Waals surface area contributed by atoms with E-state index in [0.717, 1.165) is 30.8 Å².